The summed E-state index contributed by atoms with van der Waals surface area (Å²) in [7, 11) is 0. The largest absolute Gasteiger partial charge is 0.351 e. The zero-order chi connectivity index (χ0) is 18.6. The molecule has 2 fully saturated rings. The molecule has 0 N–H and O–H groups in total. The van der Waals surface area contributed by atoms with Gasteiger partial charge in [-0.1, -0.05) is 32.1 Å². The Labute approximate surface area is 160 Å². The van der Waals surface area contributed by atoms with Crippen LogP contribution in [0.1, 0.15) is 51.9 Å². The molecular formula is C20H30N6O. The van der Waals surface area contributed by atoms with Gasteiger partial charge in [0.05, 0.1) is 6.33 Å². The van der Waals surface area contributed by atoms with Crippen molar-refractivity contribution in [1.29, 1.82) is 0 Å². The lowest BCUT2D eigenvalue weighted by Crippen LogP contribution is -2.49. The lowest BCUT2D eigenvalue weighted by atomic mass is 9.86. The molecule has 0 spiro atoms. The predicted molar refractivity (Wildman–Crippen MR) is 106 cm³/mol. The van der Waals surface area contributed by atoms with Crippen LogP contribution < -0.4 is 4.90 Å². The lowest BCUT2D eigenvalue weighted by molar-refractivity contribution is -0.131. The molecular weight excluding hydrogens is 340 g/mol. The Hall–Kier alpha value is -2.18. The Bertz CT molecular complexity index is 774. The van der Waals surface area contributed by atoms with Crippen LogP contribution >= 0.6 is 0 Å². The molecule has 7 heteroatoms. The molecule has 1 saturated carbocycles. The van der Waals surface area contributed by atoms with Crippen molar-refractivity contribution < 1.29 is 4.79 Å². The summed E-state index contributed by atoms with van der Waals surface area (Å²) in [6, 6.07) is 0. The van der Waals surface area contributed by atoms with E-state index < -0.39 is 0 Å². The summed E-state index contributed by atoms with van der Waals surface area (Å²) in [5.41, 5.74) is 1.74. The van der Waals surface area contributed by atoms with Crippen LogP contribution in [0.25, 0.3) is 11.2 Å². The summed E-state index contributed by atoms with van der Waals surface area (Å²) in [5.74, 6) is 1.98. The molecule has 7 nitrogen and oxygen atoms in total. The van der Waals surface area contributed by atoms with E-state index in [2.05, 4.69) is 26.8 Å². The fourth-order valence-electron chi connectivity index (χ4n) is 4.46. The van der Waals surface area contributed by atoms with Gasteiger partial charge in [0.15, 0.2) is 17.0 Å². The highest BCUT2D eigenvalue weighted by Crippen LogP contribution is 2.28. The minimum absolute atomic E-state index is 0.323. The molecule has 0 aromatic carbocycles. The van der Waals surface area contributed by atoms with E-state index in [-0.39, 0.29) is 0 Å². The second kappa shape index (κ2) is 8.23. The molecule has 4 rings (SSSR count). The van der Waals surface area contributed by atoms with Gasteiger partial charge in [0.1, 0.15) is 6.33 Å². The number of anilines is 1. The Kier molecular flexibility index (Phi) is 5.55. The van der Waals surface area contributed by atoms with Gasteiger partial charge in [0, 0.05) is 39.1 Å². The topological polar surface area (TPSA) is 67.2 Å². The molecule has 1 aliphatic heterocycles. The summed E-state index contributed by atoms with van der Waals surface area (Å²) in [6.07, 6.45) is 11.9. The highest BCUT2D eigenvalue weighted by molar-refractivity contribution is 5.83. The second-order valence-electron chi connectivity index (χ2n) is 7.81. The first-order valence-corrected chi connectivity index (χ1v) is 10.4. The van der Waals surface area contributed by atoms with Crippen molar-refractivity contribution in [2.75, 3.05) is 31.1 Å². The van der Waals surface area contributed by atoms with E-state index in [1.165, 1.54) is 32.1 Å². The number of hydrogen-bond acceptors (Lipinski definition) is 5. The maximum atomic E-state index is 12.6. The molecule has 0 radical (unpaired) electrons. The van der Waals surface area contributed by atoms with E-state index in [1.807, 2.05) is 15.8 Å². The number of hydrogen-bond donors (Lipinski definition) is 0. The van der Waals surface area contributed by atoms with Gasteiger partial charge in [-0.05, 0) is 19.3 Å². The summed E-state index contributed by atoms with van der Waals surface area (Å²) in [4.78, 5) is 30.2. The number of rotatable bonds is 5. The van der Waals surface area contributed by atoms with Crippen LogP contribution in [0.3, 0.4) is 0 Å². The first-order chi connectivity index (χ1) is 13.3. The molecule has 3 heterocycles. The van der Waals surface area contributed by atoms with E-state index in [0.29, 0.717) is 12.3 Å². The summed E-state index contributed by atoms with van der Waals surface area (Å²) >= 11 is 0. The van der Waals surface area contributed by atoms with Gasteiger partial charge in [0.25, 0.3) is 0 Å². The van der Waals surface area contributed by atoms with Crippen LogP contribution in [-0.4, -0.2) is 56.5 Å². The van der Waals surface area contributed by atoms with Crippen LogP contribution in [0.2, 0.25) is 0 Å². The second-order valence-corrected chi connectivity index (χ2v) is 7.81. The molecule has 1 saturated heterocycles. The van der Waals surface area contributed by atoms with Crippen LogP contribution in [0.4, 0.5) is 5.82 Å². The normalized spacial score (nSPS) is 19.0. The zero-order valence-corrected chi connectivity index (χ0v) is 16.3. The number of aromatic nitrogens is 4. The smallest absolute Gasteiger partial charge is 0.222 e. The highest BCUT2D eigenvalue weighted by atomic mass is 16.2. The summed E-state index contributed by atoms with van der Waals surface area (Å²) in [5, 5.41) is 0. The highest BCUT2D eigenvalue weighted by Gasteiger charge is 2.25. The van der Waals surface area contributed by atoms with Crippen LogP contribution in [-0.2, 0) is 11.3 Å². The SMILES string of the molecule is CCn1cnc2c(N3CCN(C(=O)CCC4CCCCC4)CC3)ncnc21. The third-order valence-corrected chi connectivity index (χ3v) is 6.15. The number of nitrogens with zero attached hydrogens (tertiary/aromatic N) is 6. The van der Waals surface area contributed by atoms with Gasteiger partial charge in [0.2, 0.25) is 5.91 Å². The fraction of sp³-hybridized carbons (Fsp3) is 0.700. The van der Waals surface area contributed by atoms with E-state index >= 15 is 0 Å². The monoisotopic (exact) mass is 370 g/mol. The number of fused-ring (bicyclic) bond motifs is 1. The predicted octanol–water partition coefficient (Wildman–Crippen LogP) is 2.86. The number of aryl methyl sites for hydroxylation is 1. The Morgan fingerprint density at radius 1 is 1.07 bits per heavy atom. The molecule has 0 atom stereocenters. The van der Waals surface area contributed by atoms with Gasteiger partial charge in [-0.3, -0.25) is 4.79 Å². The molecule has 146 valence electrons. The summed E-state index contributed by atoms with van der Waals surface area (Å²) in [6.45, 7) is 6.07. The molecule has 2 aliphatic rings. The van der Waals surface area contributed by atoms with E-state index in [9.17, 15) is 4.79 Å². The minimum atomic E-state index is 0.323. The van der Waals surface area contributed by atoms with E-state index in [0.717, 1.165) is 62.0 Å². The maximum Gasteiger partial charge on any atom is 0.222 e. The Morgan fingerprint density at radius 2 is 1.85 bits per heavy atom. The average Bonchev–Trinajstić information content (AvgIpc) is 3.16. The maximum absolute atomic E-state index is 12.6. The lowest BCUT2D eigenvalue weighted by Gasteiger charge is -2.35. The van der Waals surface area contributed by atoms with Gasteiger partial charge in [-0.15, -0.1) is 0 Å². The zero-order valence-electron chi connectivity index (χ0n) is 16.3. The molecule has 0 unspecified atom stereocenters. The molecule has 1 aliphatic carbocycles. The standard InChI is InChI=1S/C20H30N6O/c1-2-24-15-23-18-19(24)21-14-22-20(18)26-12-10-25(11-13-26)17(27)9-8-16-6-4-3-5-7-16/h14-16H,2-13H2,1H3. The number of piperazine rings is 1. The van der Waals surface area contributed by atoms with Crippen molar-refractivity contribution in [3.63, 3.8) is 0 Å². The van der Waals surface area contributed by atoms with Gasteiger partial charge in [-0.2, -0.15) is 0 Å². The van der Waals surface area contributed by atoms with Gasteiger partial charge < -0.3 is 14.4 Å². The molecule has 0 bridgehead atoms. The fourth-order valence-corrected chi connectivity index (χ4v) is 4.46. The Morgan fingerprint density at radius 3 is 2.59 bits per heavy atom. The van der Waals surface area contributed by atoms with Crippen molar-refractivity contribution in [2.24, 2.45) is 5.92 Å². The quantitative estimate of drug-likeness (QED) is 0.810. The third-order valence-electron chi connectivity index (χ3n) is 6.15. The molecule has 2 aromatic rings. The Balaban J connectivity index is 1.33. The van der Waals surface area contributed by atoms with Gasteiger partial charge >= 0.3 is 0 Å². The van der Waals surface area contributed by atoms with Crippen molar-refractivity contribution in [3.05, 3.63) is 12.7 Å². The number of carbonyl (C=O) groups excluding carboxylic acids is 1. The third kappa shape index (κ3) is 3.92. The van der Waals surface area contributed by atoms with Crippen molar-refractivity contribution in [2.45, 2.75) is 58.4 Å². The van der Waals surface area contributed by atoms with Crippen LogP contribution in [0.5, 0.6) is 0 Å². The van der Waals surface area contributed by atoms with Crippen molar-refractivity contribution in [3.8, 4) is 0 Å². The number of amides is 1. The molecule has 27 heavy (non-hydrogen) atoms. The van der Waals surface area contributed by atoms with Crippen molar-refractivity contribution >= 4 is 22.9 Å². The first kappa shape index (κ1) is 18.2. The van der Waals surface area contributed by atoms with Crippen LogP contribution in [0, 0.1) is 5.92 Å². The van der Waals surface area contributed by atoms with Gasteiger partial charge in [-0.25, -0.2) is 15.0 Å². The van der Waals surface area contributed by atoms with E-state index in [1.54, 1.807) is 6.33 Å². The minimum Gasteiger partial charge on any atom is -0.351 e. The number of imidazole rings is 1. The van der Waals surface area contributed by atoms with Crippen LogP contribution in [0.15, 0.2) is 12.7 Å². The van der Waals surface area contributed by atoms with Crippen molar-refractivity contribution in [1.82, 2.24) is 24.4 Å². The molecule has 2 aromatic heterocycles. The first-order valence-electron chi connectivity index (χ1n) is 10.4. The van der Waals surface area contributed by atoms with E-state index in [4.69, 9.17) is 0 Å². The average molecular weight is 371 g/mol. The summed E-state index contributed by atoms with van der Waals surface area (Å²) < 4.78 is 2.03. The number of carbonyl (C=O) groups is 1. The molecule has 1 amide bonds.